The van der Waals surface area contributed by atoms with Gasteiger partial charge >= 0.3 is 5.97 Å². The molecule has 3 N–H and O–H groups in total. The van der Waals surface area contributed by atoms with Crippen molar-refractivity contribution in [3.63, 3.8) is 0 Å². The number of carboxylic acids is 1. The second kappa shape index (κ2) is 7.78. The SMILES string of the molecule is O=C(O)CCC[C@@H]1c2ccccc2C[C@H]1NC(=O)c1cc2sc(Cl)c(Cl)c2[nH]1. The Hall–Kier alpha value is -2.02. The van der Waals surface area contributed by atoms with Crippen LogP contribution >= 0.6 is 34.5 Å². The highest BCUT2D eigenvalue weighted by Crippen LogP contribution is 2.39. The van der Waals surface area contributed by atoms with Crippen LogP contribution in [0.1, 0.15) is 46.8 Å². The monoisotopic (exact) mass is 436 g/mol. The second-order valence-electron chi connectivity index (χ2n) is 6.99. The molecule has 2 aromatic heterocycles. The van der Waals surface area contributed by atoms with Crippen molar-refractivity contribution >= 4 is 56.6 Å². The molecule has 8 heteroatoms. The van der Waals surface area contributed by atoms with Crippen LogP contribution in [0.5, 0.6) is 0 Å². The second-order valence-corrected chi connectivity index (χ2v) is 9.02. The van der Waals surface area contributed by atoms with Crippen LogP contribution < -0.4 is 5.32 Å². The number of rotatable bonds is 6. The molecule has 0 spiro atoms. The molecule has 0 saturated carbocycles. The van der Waals surface area contributed by atoms with Crippen LogP contribution in [0.3, 0.4) is 0 Å². The standard InChI is InChI=1S/C20H18Cl2N2O3S/c21-17-18-15(28-19(17)22)9-14(23-18)20(27)24-13-8-10-4-1-2-5-11(10)12(13)6-3-7-16(25)26/h1-2,4-5,9,12-13,23H,3,6-8H2,(H,24,27)(H,25,26)/t12-,13-/m1/s1. The van der Waals surface area contributed by atoms with Gasteiger partial charge in [0.2, 0.25) is 0 Å². The van der Waals surface area contributed by atoms with Crippen LogP contribution in [0.2, 0.25) is 9.36 Å². The van der Waals surface area contributed by atoms with Gasteiger partial charge in [-0.3, -0.25) is 9.59 Å². The van der Waals surface area contributed by atoms with E-state index >= 15 is 0 Å². The quantitative estimate of drug-likeness (QED) is 0.494. The maximum absolute atomic E-state index is 12.8. The molecule has 2 atom stereocenters. The first-order valence-electron chi connectivity index (χ1n) is 9.01. The lowest BCUT2D eigenvalue weighted by Gasteiger charge is -2.21. The van der Waals surface area contributed by atoms with Crippen molar-refractivity contribution < 1.29 is 14.7 Å². The Morgan fingerprint density at radius 2 is 2.07 bits per heavy atom. The number of nitrogens with one attached hydrogen (secondary N) is 2. The van der Waals surface area contributed by atoms with Crippen molar-refractivity contribution in [3.05, 3.63) is 56.5 Å². The summed E-state index contributed by atoms with van der Waals surface area (Å²) < 4.78 is 1.34. The Morgan fingerprint density at radius 3 is 2.82 bits per heavy atom. The molecule has 0 radical (unpaired) electrons. The number of hydrogen-bond donors (Lipinski definition) is 3. The van der Waals surface area contributed by atoms with E-state index in [9.17, 15) is 9.59 Å². The van der Waals surface area contributed by atoms with Crippen molar-refractivity contribution in [1.82, 2.24) is 10.3 Å². The predicted molar refractivity (Wildman–Crippen MR) is 112 cm³/mol. The average molecular weight is 437 g/mol. The zero-order valence-electron chi connectivity index (χ0n) is 14.8. The van der Waals surface area contributed by atoms with Gasteiger partial charge in [-0.2, -0.15) is 0 Å². The molecule has 2 heterocycles. The zero-order chi connectivity index (χ0) is 19.8. The van der Waals surface area contributed by atoms with Gasteiger partial charge in [-0.15, -0.1) is 11.3 Å². The van der Waals surface area contributed by atoms with Crippen molar-refractivity contribution in [2.24, 2.45) is 0 Å². The van der Waals surface area contributed by atoms with Gasteiger partial charge in [-0.1, -0.05) is 47.5 Å². The zero-order valence-corrected chi connectivity index (χ0v) is 17.1. The molecule has 0 saturated heterocycles. The molecule has 0 unspecified atom stereocenters. The molecule has 1 amide bonds. The van der Waals surface area contributed by atoms with E-state index in [2.05, 4.69) is 22.4 Å². The van der Waals surface area contributed by atoms with Crippen LogP contribution in [0.4, 0.5) is 0 Å². The lowest BCUT2D eigenvalue weighted by atomic mass is 9.92. The van der Waals surface area contributed by atoms with Gasteiger partial charge in [0.25, 0.3) is 5.91 Å². The third kappa shape index (κ3) is 3.64. The number of aromatic amines is 1. The summed E-state index contributed by atoms with van der Waals surface area (Å²) >= 11 is 13.5. The van der Waals surface area contributed by atoms with Gasteiger partial charge < -0.3 is 15.4 Å². The highest BCUT2D eigenvalue weighted by molar-refractivity contribution is 7.23. The summed E-state index contributed by atoms with van der Waals surface area (Å²) in [5.41, 5.74) is 3.52. The molecule has 5 nitrogen and oxygen atoms in total. The lowest BCUT2D eigenvalue weighted by Crippen LogP contribution is -2.38. The molecule has 28 heavy (non-hydrogen) atoms. The summed E-state index contributed by atoms with van der Waals surface area (Å²) in [5.74, 6) is -0.890. The number of carbonyl (C=O) groups excluding carboxylic acids is 1. The molecular weight excluding hydrogens is 419 g/mol. The third-order valence-corrected chi connectivity index (χ3v) is 7.15. The number of aromatic nitrogens is 1. The lowest BCUT2D eigenvalue weighted by molar-refractivity contribution is -0.137. The van der Waals surface area contributed by atoms with Gasteiger partial charge in [-0.25, -0.2) is 0 Å². The smallest absolute Gasteiger partial charge is 0.303 e. The first-order chi connectivity index (χ1) is 13.4. The average Bonchev–Trinajstić information content (AvgIpc) is 3.29. The molecular formula is C20H18Cl2N2O3S. The van der Waals surface area contributed by atoms with Crippen molar-refractivity contribution in [2.45, 2.75) is 37.6 Å². The Labute approximate surface area is 175 Å². The normalized spacial score (nSPS) is 18.4. The van der Waals surface area contributed by atoms with Gasteiger partial charge in [0.05, 0.1) is 15.2 Å². The van der Waals surface area contributed by atoms with E-state index in [-0.39, 0.29) is 24.3 Å². The van der Waals surface area contributed by atoms with Crippen LogP contribution in [-0.4, -0.2) is 28.0 Å². The Morgan fingerprint density at radius 1 is 1.29 bits per heavy atom. The molecule has 1 aromatic carbocycles. The summed E-state index contributed by atoms with van der Waals surface area (Å²) in [4.78, 5) is 26.8. The minimum absolute atomic E-state index is 0.0703. The fourth-order valence-corrected chi connectivity index (χ4v) is 5.43. The highest BCUT2D eigenvalue weighted by Gasteiger charge is 2.33. The number of fused-ring (bicyclic) bond motifs is 2. The number of H-pyrrole nitrogens is 1. The van der Waals surface area contributed by atoms with Gasteiger partial charge in [0.15, 0.2) is 0 Å². The molecule has 0 bridgehead atoms. The molecule has 1 aliphatic rings. The minimum Gasteiger partial charge on any atom is -0.481 e. The maximum atomic E-state index is 12.8. The number of amides is 1. The summed E-state index contributed by atoms with van der Waals surface area (Å²) in [6.45, 7) is 0. The van der Waals surface area contributed by atoms with Gasteiger partial charge in [0, 0.05) is 18.4 Å². The predicted octanol–water partition coefficient (Wildman–Crippen LogP) is 5.23. The number of carbonyl (C=O) groups is 2. The topological polar surface area (TPSA) is 82.2 Å². The molecule has 0 aliphatic heterocycles. The first-order valence-corrected chi connectivity index (χ1v) is 10.6. The number of halogens is 2. The first kappa shape index (κ1) is 19.3. The van der Waals surface area contributed by atoms with E-state index in [1.54, 1.807) is 6.07 Å². The summed E-state index contributed by atoms with van der Waals surface area (Å²) in [6, 6.07) is 9.80. The van der Waals surface area contributed by atoms with Crippen LogP contribution in [0.15, 0.2) is 30.3 Å². The largest absolute Gasteiger partial charge is 0.481 e. The molecule has 1 aliphatic carbocycles. The molecule has 3 aromatic rings. The van der Waals surface area contributed by atoms with Gasteiger partial charge in [-0.05, 0) is 36.5 Å². The fourth-order valence-electron chi connectivity index (χ4n) is 3.95. The number of hydrogen-bond acceptors (Lipinski definition) is 3. The number of benzene rings is 1. The van der Waals surface area contributed by atoms with Crippen molar-refractivity contribution in [2.75, 3.05) is 0 Å². The minimum atomic E-state index is -0.797. The molecule has 146 valence electrons. The van der Waals surface area contributed by atoms with Crippen LogP contribution in [0.25, 0.3) is 10.2 Å². The van der Waals surface area contributed by atoms with Gasteiger partial charge in [0.1, 0.15) is 10.0 Å². The third-order valence-electron chi connectivity index (χ3n) is 5.22. The van der Waals surface area contributed by atoms with E-state index in [4.69, 9.17) is 28.3 Å². The Kier molecular flexibility index (Phi) is 5.36. The van der Waals surface area contributed by atoms with E-state index < -0.39 is 5.97 Å². The maximum Gasteiger partial charge on any atom is 0.303 e. The van der Waals surface area contributed by atoms with E-state index in [1.807, 2.05) is 12.1 Å². The van der Waals surface area contributed by atoms with Crippen molar-refractivity contribution in [1.29, 1.82) is 0 Å². The van der Waals surface area contributed by atoms with Crippen molar-refractivity contribution in [3.8, 4) is 0 Å². The van der Waals surface area contributed by atoms with E-state index in [1.165, 1.54) is 22.5 Å². The number of carboxylic acid groups (broad SMARTS) is 1. The summed E-state index contributed by atoms with van der Waals surface area (Å²) in [6.07, 6.45) is 2.16. The van der Waals surface area contributed by atoms with E-state index in [0.29, 0.717) is 27.0 Å². The number of thiophene rings is 1. The van der Waals surface area contributed by atoms with E-state index in [0.717, 1.165) is 17.5 Å². The fraction of sp³-hybridized carbons (Fsp3) is 0.300. The summed E-state index contributed by atoms with van der Waals surface area (Å²) in [7, 11) is 0. The summed E-state index contributed by atoms with van der Waals surface area (Å²) in [5, 5.41) is 12.5. The van der Waals surface area contributed by atoms with Crippen LogP contribution in [-0.2, 0) is 11.2 Å². The Bertz CT molecular complexity index is 1060. The van der Waals surface area contributed by atoms with Crippen LogP contribution in [0, 0.1) is 0 Å². The molecule has 0 fully saturated rings. The Balaban J connectivity index is 1.52. The number of aliphatic carboxylic acids is 1. The highest BCUT2D eigenvalue weighted by atomic mass is 35.5. The molecule has 4 rings (SSSR count).